The Hall–Kier alpha value is -2.08. The van der Waals surface area contributed by atoms with Crippen molar-refractivity contribution in [2.45, 2.75) is 13.0 Å². The quantitative estimate of drug-likeness (QED) is 0.788. The van der Waals surface area contributed by atoms with Gasteiger partial charge in [-0.1, -0.05) is 30.3 Å². The first-order valence-corrected chi connectivity index (χ1v) is 7.30. The number of methoxy groups -OCH3 is 1. The van der Waals surface area contributed by atoms with Crippen molar-refractivity contribution in [2.75, 3.05) is 40.9 Å². The van der Waals surface area contributed by atoms with Gasteiger partial charge in [-0.05, 0) is 5.56 Å². The monoisotopic (exact) mass is 307 g/mol. The Morgan fingerprint density at radius 1 is 1.18 bits per heavy atom. The van der Waals surface area contributed by atoms with Gasteiger partial charge < -0.3 is 19.9 Å². The van der Waals surface area contributed by atoms with Crippen LogP contribution in [0.25, 0.3) is 0 Å². The summed E-state index contributed by atoms with van der Waals surface area (Å²) in [4.78, 5) is 26.9. The van der Waals surface area contributed by atoms with E-state index in [1.807, 2.05) is 30.3 Å². The lowest BCUT2D eigenvalue weighted by Crippen LogP contribution is -2.42. The highest BCUT2D eigenvalue weighted by Crippen LogP contribution is 2.04. The number of nitrogens with zero attached hydrogens (tertiary/aromatic N) is 2. The van der Waals surface area contributed by atoms with Crippen LogP contribution in [0.3, 0.4) is 0 Å². The summed E-state index contributed by atoms with van der Waals surface area (Å²) in [6.45, 7) is 1.81. The molecule has 0 spiro atoms. The van der Waals surface area contributed by atoms with Crippen LogP contribution in [-0.4, -0.2) is 62.6 Å². The number of amides is 3. The van der Waals surface area contributed by atoms with Gasteiger partial charge in [0.25, 0.3) is 0 Å². The van der Waals surface area contributed by atoms with Crippen molar-refractivity contribution >= 4 is 11.9 Å². The zero-order valence-corrected chi connectivity index (χ0v) is 13.5. The molecule has 0 aliphatic carbocycles. The third-order valence-electron chi connectivity index (χ3n) is 3.18. The molecule has 0 bridgehead atoms. The maximum atomic E-state index is 12.2. The Kier molecular flexibility index (Phi) is 7.99. The van der Waals surface area contributed by atoms with Crippen LogP contribution < -0.4 is 5.32 Å². The number of hydrogen-bond donors (Lipinski definition) is 1. The summed E-state index contributed by atoms with van der Waals surface area (Å²) in [7, 11) is 5.00. The van der Waals surface area contributed by atoms with Crippen LogP contribution in [0.1, 0.15) is 12.0 Å². The molecule has 0 radical (unpaired) electrons. The highest BCUT2D eigenvalue weighted by molar-refractivity contribution is 5.78. The number of hydrogen-bond acceptors (Lipinski definition) is 3. The first kappa shape index (κ1) is 18.0. The Bertz CT molecular complexity index is 463. The summed E-state index contributed by atoms with van der Waals surface area (Å²) in [5, 5.41) is 2.78. The van der Waals surface area contributed by atoms with Gasteiger partial charge in [-0.25, -0.2) is 4.79 Å². The molecular formula is C16H25N3O3. The van der Waals surface area contributed by atoms with Crippen molar-refractivity contribution in [1.29, 1.82) is 0 Å². The van der Waals surface area contributed by atoms with Crippen molar-refractivity contribution in [3.63, 3.8) is 0 Å². The Morgan fingerprint density at radius 2 is 1.86 bits per heavy atom. The van der Waals surface area contributed by atoms with Crippen LogP contribution in [-0.2, 0) is 16.1 Å². The van der Waals surface area contributed by atoms with Crippen molar-refractivity contribution < 1.29 is 14.3 Å². The van der Waals surface area contributed by atoms with Crippen LogP contribution >= 0.6 is 0 Å². The first-order chi connectivity index (χ1) is 10.5. The molecular weight excluding hydrogens is 282 g/mol. The summed E-state index contributed by atoms with van der Waals surface area (Å²) in [5.41, 5.74) is 1.05. The lowest BCUT2D eigenvalue weighted by Gasteiger charge is -2.23. The van der Waals surface area contributed by atoms with E-state index in [1.54, 1.807) is 26.1 Å². The fourth-order valence-corrected chi connectivity index (χ4v) is 1.87. The Balaban J connectivity index is 2.51. The van der Waals surface area contributed by atoms with Crippen molar-refractivity contribution in [1.82, 2.24) is 15.1 Å². The summed E-state index contributed by atoms with van der Waals surface area (Å²) in [6, 6.07) is 9.59. The van der Waals surface area contributed by atoms with Gasteiger partial charge in [-0.2, -0.15) is 0 Å². The molecule has 0 aliphatic rings. The Labute approximate surface area is 132 Å². The van der Waals surface area contributed by atoms with Gasteiger partial charge in [0.1, 0.15) is 0 Å². The van der Waals surface area contributed by atoms with Gasteiger partial charge in [-0.15, -0.1) is 0 Å². The van der Waals surface area contributed by atoms with E-state index >= 15 is 0 Å². The summed E-state index contributed by atoms with van der Waals surface area (Å²) >= 11 is 0. The van der Waals surface area contributed by atoms with E-state index in [1.165, 1.54) is 4.90 Å². The summed E-state index contributed by atoms with van der Waals surface area (Å²) in [5.74, 6) is -0.00759. The molecule has 1 aromatic carbocycles. The smallest absolute Gasteiger partial charge is 0.317 e. The summed E-state index contributed by atoms with van der Waals surface area (Å²) < 4.78 is 5.05. The molecule has 122 valence electrons. The third-order valence-corrected chi connectivity index (χ3v) is 3.18. The molecule has 0 fully saturated rings. The molecule has 1 aromatic rings. The van der Waals surface area contributed by atoms with E-state index in [0.29, 0.717) is 32.7 Å². The Morgan fingerprint density at radius 3 is 2.45 bits per heavy atom. The maximum Gasteiger partial charge on any atom is 0.317 e. The van der Waals surface area contributed by atoms with Crippen molar-refractivity contribution in [3.05, 3.63) is 35.9 Å². The zero-order valence-electron chi connectivity index (χ0n) is 13.5. The fourth-order valence-electron chi connectivity index (χ4n) is 1.87. The van der Waals surface area contributed by atoms with E-state index in [0.717, 1.165) is 5.56 Å². The van der Waals surface area contributed by atoms with E-state index < -0.39 is 0 Å². The van der Waals surface area contributed by atoms with Gasteiger partial charge in [0.2, 0.25) is 5.91 Å². The number of carbonyl (C=O) groups is 2. The second-order valence-corrected chi connectivity index (χ2v) is 5.17. The maximum absolute atomic E-state index is 12.2. The van der Waals surface area contributed by atoms with E-state index in [2.05, 4.69) is 5.32 Å². The molecule has 3 amide bonds. The molecule has 1 rings (SSSR count). The number of urea groups is 1. The SMILES string of the molecule is COCCN(Cc1ccccc1)C(=O)NCCC(=O)N(C)C. The molecule has 0 heterocycles. The van der Waals surface area contributed by atoms with Crippen LogP contribution in [0.15, 0.2) is 30.3 Å². The fraction of sp³-hybridized carbons (Fsp3) is 0.500. The zero-order chi connectivity index (χ0) is 16.4. The summed E-state index contributed by atoms with van der Waals surface area (Å²) in [6.07, 6.45) is 0.294. The van der Waals surface area contributed by atoms with E-state index in [-0.39, 0.29) is 11.9 Å². The van der Waals surface area contributed by atoms with Gasteiger partial charge in [0, 0.05) is 47.3 Å². The molecule has 0 aliphatic heterocycles. The molecule has 0 aromatic heterocycles. The number of nitrogens with one attached hydrogen (secondary N) is 1. The first-order valence-electron chi connectivity index (χ1n) is 7.30. The topological polar surface area (TPSA) is 61.9 Å². The molecule has 1 N–H and O–H groups in total. The third kappa shape index (κ3) is 6.58. The van der Waals surface area contributed by atoms with Gasteiger partial charge in [0.05, 0.1) is 6.61 Å². The van der Waals surface area contributed by atoms with Gasteiger partial charge >= 0.3 is 6.03 Å². The lowest BCUT2D eigenvalue weighted by atomic mass is 10.2. The minimum absolute atomic E-state index is 0.00759. The largest absolute Gasteiger partial charge is 0.383 e. The van der Waals surface area contributed by atoms with Crippen molar-refractivity contribution in [3.8, 4) is 0 Å². The second kappa shape index (κ2) is 9.78. The molecule has 6 nitrogen and oxygen atoms in total. The van der Waals surface area contributed by atoms with Crippen LogP contribution in [0.5, 0.6) is 0 Å². The van der Waals surface area contributed by atoms with Crippen LogP contribution in [0.2, 0.25) is 0 Å². The predicted octanol–water partition coefficient (Wildman–Crippen LogP) is 1.32. The predicted molar refractivity (Wildman–Crippen MR) is 85.4 cm³/mol. The average molecular weight is 307 g/mol. The number of rotatable bonds is 8. The standard InChI is InChI=1S/C16H25N3O3/c1-18(2)15(20)9-10-17-16(21)19(11-12-22-3)13-14-7-5-4-6-8-14/h4-8H,9-13H2,1-3H3,(H,17,21). The molecule has 22 heavy (non-hydrogen) atoms. The molecule has 0 saturated carbocycles. The van der Waals surface area contributed by atoms with Crippen LogP contribution in [0, 0.1) is 0 Å². The van der Waals surface area contributed by atoms with Crippen molar-refractivity contribution in [2.24, 2.45) is 0 Å². The number of carbonyl (C=O) groups excluding carboxylic acids is 2. The molecule has 0 saturated heterocycles. The van der Waals surface area contributed by atoms with E-state index in [9.17, 15) is 9.59 Å². The lowest BCUT2D eigenvalue weighted by molar-refractivity contribution is -0.128. The molecule has 0 unspecified atom stereocenters. The molecule has 0 atom stereocenters. The number of benzene rings is 1. The highest BCUT2D eigenvalue weighted by atomic mass is 16.5. The molecule has 6 heteroatoms. The van der Waals surface area contributed by atoms with Gasteiger partial charge in [0.15, 0.2) is 0 Å². The van der Waals surface area contributed by atoms with Crippen LogP contribution in [0.4, 0.5) is 4.79 Å². The van der Waals surface area contributed by atoms with E-state index in [4.69, 9.17) is 4.74 Å². The average Bonchev–Trinajstić information content (AvgIpc) is 2.52. The van der Waals surface area contributed by atoms with Gasteiger partial charge in [-0.3, -0.25) is 4.79 Å². The number of ether oxygens (including phenoxy) is 1. The highest BCUT2D eigenvalue weighted by Gasteiger charge is 2.14. The normalized spacial score (nSPS) is 10.1. The minimum Gasteiger partial charge on any atom is -0.383 e. The second-order valence-electron chi connectivity index (χ2n) is 5.17. The minimum atomic E-state index is -0.188.